The van der Waals surface area contributed by atoms with Crippen LogP contribution in [0.5, 0.6) is 5.75 Å². The summed E-state index contributed by atoms with van der Waals surface area (Å²) in [5.41, 5.74) is 3.29. The van der Waals surface area contributed by atoms with Crippen molar-refractivity contribution in [3.63, 3.8) is 0 Å². The van der Waals surface area contributed by atoms with Crippen LogP contribution in [-0.2, 0) is 17.9 Å². The number of rotatable bonds is 5. The second kappa shape index (κ2) is 6.59. The Bertz CT molecular complexity index is 558. The summed E-state index contributed by atoms with van der Waals surface area (Å²) < 4.78 is 5.88. The lowest BCUT2D eigenvalue weighted by Gasteiger charge is -2.12. The van der Waals surface area contributed by atoms with Gasteiger partial charge in [-0.3, -0.25) is 0 Å². The van der Waals surface area contributed by atoms with E-state index in [4.69, 9.17) is 4.74 Å². The van der Waals surface area contributed by atoms with Crippen LogP contribution < -0.4 is 5.32 Å². The Hall–Kier alpha value is -1.52. The minimum atomic E-state index is 0.253. The van der Waals surface area contributed by atoms with Crippen LogP contribution in [0.2, 0.25) is 0 Å². The summed E-state index contributed by atoms with van der Waals surface area (Å²) in [5.74, 6) is 0.253. The van der Waals surface area contributed by atoms with Crippen LogP contribution in [-0.4, -0.2) is 12.2 Å². The molecule has 0 spiro atoms. The average molecular weight is 322 g/mol. The van der Waals surface area contributed by atoms with Gasteiger partial charge in [0.05, 0.1) is 11.1 Å². The van der Waals surface area contributed by atoms with E-state index in [2.05, 4.69) is 21.2 Å². The second-order valence-corrected chi connectivity index (χ2v) is 5.08. The number of hydrogen-bond donors (Lipinski definition) is 2. The van der Waals surface area contributed by atoms with E-state index in [-0.39, 0.29) is 5.75 Å². The number of halogens is 1. The highest BCUT2D eigenvalue weighted by molar-refractivity contribution is 9.10. The molecule has 0 unspecified atom stereocenters. The highest BCUT2D eigenvalue weighted by Gasteiger charge is 2.03. The van der Waals surface area contributed by atoms with Crippen molar-refractivity contribution in [3.05, 3.63) is 58.1 Å². The molecule has 0 bridgehead atoms. The molecule has 3 nitrogen and oxygen atoms in total. The molecular formula is C15H16BrNO2. The molecule has 0 radical (unpaired) electrons. The lowest BCUT2D eigenvalue weighted by Crippen LogP contribution is -2.03. The molecule has 2 rings (SSSR count). The molecule has 0 fully saturated rings. The molecule has 0 aromatic heterocycles. The number of anilines is 1. The molecule has 0 aliphatic carbocycles. The molecule has 4 heteroatoms. The van der Waals surface area contributed by atoms with E-state index in [0.29, 0.717) is 17.6 Å². The summed E-state index contributed by atoms with van der Waals surface area (Å²) in [4.78, 5) is 0. The van der Waals surface area contributed by atoms with Crippen molar-refractivity contribution in [1.82, 2.24) is 0 Å². The van der Waals surface area contributed by atoms with Crippen molar-refractivity contribution in [2.75, 3.05) is 12.4 Å². The van der Waals surface area contributed by atoms with Gasteiger partial charge < -0.3 is 15.2 Å². The average Bonchev–Trinajstić information content (AvgIpc) is 2.42. The van der Waals surface area contributed by atoms with Crippen molar-refractivity contribution in [2.45, 2.75) is 13.2 Å². The van der Waals surface area contributed by atoms with Crippen molar-refractivity contribution in [3.8, 4) is 5.75 Å². The van der Waals surface area contributed by atoms with Gasteiger partial charge in [0, 0.05) is 24.9 Å². The van der Waals surface area contributed by atoms with Crippen molar-refractivity contribution >= 4 is 21.6 Å². The summed E-state index contributed by atoms with van der Waals surface area (Å²) in [6.45, 7) is 1.28. The zero-order chi connectivity index (χ0) is 13.7. The Labute approximate surface area is 121 Å². The summed E-state index contributed by atoms with van der Waals surface area (Å²) >= 11 is 3.31. The summed E-state index contributed by atoms with van der Waals surface area (Å²) in [6, 6.07) is 13.5. The highest BCUT2D eigenvalue weighted by Crippen LogP contribution is 2.25. The van der Waals surface area contributed by atoms with Gasteiger partial charge in [0.1, 0.15) is 5.75 Å². The predicted octanol–water partition coefficient (Wildman–Crippen LogP) is 3.91. The maximum Gasteiger partial charge on any atom is 0.129 e. The number of phenolic OH excluding ortho intramolecular Hbond substituents is 1. The number of phenols is 1. The predicted molar refractivity (Wildman–Crippen MR) is 80.3 cm³/mol. The van der Waals surface area contributed by atoms with Gasteiger partial charge >= 0.3 is 0 Å². The normalized spacial score (nSPS) is 10.4. The van der Waals surface area contributed by atoms with Crippen LogP contribution in [0.4, 0.5) is 5.69 Å². The van der Waals surface area contributed by atoms with Gasteiger partial charge in [-0.05, 0) is 39.7 Å². The fourth-order valence-corrected chi connectivity index (χ4v) is 2.26. The number of aromatic hydroxyl groups is 1. The van der Waals surface area contributed by atoms with Crippen LogP contribution in [0.25, 0.3) is 0 Å². The van der Waals surface area contributed by atoms with E-state index in [0.717, 1.165) is 16.8 Å². The van der Waals surface area contributed by atoms with Gasteiger partial charge in [-0.25, -0.2) is 0 Å². The van der Waals surface area contributed by atoms with Crippen LogP contribution in [0.1, 0.15) is 11.1 Å². The van der Waals surface area contributed by atoms with Crippen molar-refractivity contribution in [1.29, 1.82) is 0 Å². The van der Waals surface area contributed by atoms with E-state index in [9.17, 15) is 5.11 Å². The van der Waals surface area contributed by atoms with E-state index in [1.165, 1.54) is 0 Å². The van der Waals surface area contributed by atoms with Crippen LogP contribution in [0.15, 0.2) is 46.9 Å². The van der Waals surface area contributed by atoms with Crippen LogP contribution in [0.3, 0.4) is 0 Å². The number of benzene rings is 2. The Morgan fingerprint density at radius 3 is 2.74 bits per heavy atom. The topological polar surface area (TPSA) is 41.5 Å². The van der Waals surface area contributed by atoms with Gasteiger partial charge in [0.15, 0.2) is 0 Å². The first kappa shape index (κ1) is 13.9. The Morgan fingerprint density at radius 1 is 1.21 bits per heavy atom. The number of nitrogens with one attached hydrogen (secondary N) is 1. The summed E-state index contributed by atoms with van der Waals surface area (Å²) in [7, 11) is 1.69. The van der Waals surface area contributed by atoms with E-state index < -0.39 is 0 Å². The molecule has 0 saturated carbocycles. The Balaban J connectivity index is 2.07. The fraction of sp³-hybridized carbons (Fsp3) is 0.200. The van der Waals surface area contributed by atoms with Gasteiger partial charge in [-0.2, -0.15) is 0 Å². The first-order valence-corrected chi connectivity index (χ1v) is 6.78. The van der Waals surface area contributed by atoms with E-state index in [1.54, 1.807) is 13.2 Å². The molecule has 0 aliphatic rings. The van der Waals surface area contributed by atoms with Gasteiger partial charge in [-0.15, -0.1) is 0 Å². The number of hydrogen-bond acceptors (Lipinski definition) is 3. The molecule has 2 aromatic rings. The second-order valence-electron chi connectivity index (χ2n) is 4.23. The minimum absolute atomic E-state index is 0.253. The Kier molecular flexibility index (Phi) is 4.82. The monoisotopic (exact) mass is 321 g/mol. The van der Waals surface area contributed by atoms with Gasteiger partial charge in [0.2, 0.25) is 0 Å². The third kappa shape index (κ3) is 3.72. The molecule has 2 N–H and O–H groups in total. The van der Waals surface area contributed by atoms with Crippen molar-refractivity contribution in [2.24, 2.45) is 0 Å². The molecule has 0 aliphatic heterocycles. The zero-order valence-corrected chi connectivity index (χ0v) is 12.3. The number of para-hydroxylation sites is 1. The maximum absolute atomic E-state index is 9.46. The lowest BCUT2D eigenvalue weighted by atomic mass is 10.1. The van der Waals surface area contributed by atoms with E-state index >= 15 is 0 Å². The highest BCUT2D eigenvalue weighted by atomic mass is 79.9. The SMILES string of the molecule is COCc1ccccc1NCc1ccc(O)c(Br)c1. The number of methoxy groups -OCH3 is 1. The molecule has 0 saturated heterocycles. The lowest BCUT2D eigenvalue weighted by molar-refractivity contribution is 0.185. The molecule has 19 heavy (non-hydrogen) atoms. The Morgan fingerprint density at radius 2 is 2.00 bits per heavy atom. The molecule has 0 atom stereocenters. The first-order valence-electron chi connectivity index (χ1n) is 5.99. The summed E-state index contributed by atoms with van der Waals surface area (Å²) in [5, 5.41) is 12.8. The third-order valence-corrected chi connectivity index (χ3v) is 3.45. The van der Waals surface area contributed by atoms with Crippen LogP contribution >= 0.6 is 15.9 Å². The fourth-order valence-electron chi connectivity index (χ4n) is 1.83. The van der Waals surface area contributed by atoms with Gasteiger partial charge in [-0.1, -0.05) is 24.3 Å². The molecule has 0 amide bonds. The molecular weight excluding hydrogens is 306 g/mol. The van der Waals surface area contributed by atoms with Crippen molar-refractivity contribution < 1.29 is 9.84 Å². The molecule has 100 valence electrons. The quantitative estimate of drug-likeness (QED) is 0.877. The van der Waals surface area contributed by atoms with Crippen LogP contribution in [0, 0.1) is 0 Å². The molecule has 2 aromatic carbocycles. The largest absolute Gasteiger partial charge is 0.507 e. The zero-order valence-electron chi connectivity index (χ0n) is 10.7. The smallest absolute Gasteiger partial charge is 0.129 e. The first-order chi connectivity index (χ1) is 9.20. The summed E-state index contributed by atoms with van der Waals surface area (Å²) in [6.07, 6.45) is 0. The number of ether oxygens (including phenoxy) is 1. The van der Waals surface area contributed by atoms with E-state index in [1.807, 2.05) is 36.4 Å². The van der Waals surface area contributed by atoms with Gasteiger partial charge in [0.25, 0.3) is 0 Å². The maximum atomic E-state index is 9.46. The standard InChI is InChI=1S/C15H16BrNO2/c1-19-10-12-4-2-3-5-14(12)17-9-11-6-7-15(18)13(16)8-11/h2-8,17-18H,9-10H2,1H3. The minimum Gasteiger partial charge on any atom is -0.507 e. The third-order valence-electron chi connectivity index (χ3n) is 2.81. The molecule has 0 heterocycles.